The molecule has 0 spiro atoms. The zero-order valence-corrected chi connectivity index (χ0v) is 17.9. The van der Waals surface area contributed by atoms with Crippen LogP contribution in [-0.4, -0.2) is 47.5 Å². The molecular weight excluding hydrogens is 413 g/mol. The van der Waals surface area contributed by atoms with E-state index in [1.165, 1.54) is 17.0 Å². The van der Waals surface area contributed by atoms with Crippen molar-refractivity contribution in [2.45, 2.75) is 32.8 Å². The highest BCUT2D eigenvalue weighted by Crippen LogP contribution is 2.21. The second-order valence-corrected chi connectivity index (χ2v) is 7.88. The number of aromatic nitrogens is 1. The maximum Gasteiger partial charge on any atom is 0.274 e. The highest BCUT2D eigenvalue weighted by Gasteiger charge is 2.27. The van der Waals surface area contributed by atoms with Crippen molar-refractivity contribution < 1.29 is 14.3 Å². The van der Waals surface area contributed by atoms with Crippen LogP contribution in [0.15, 0.2) is 30.3 Å². The fourth-order valence-corrected chi connectivity index (χ4v) is 3.55. The summed E-state index contributed by atoms with van der Waals surface area (Å²) >= 11 is 12.1. The topological polar surface area (TPSA) is 71.5 Å². The van der Waals surface area contributed by atoms with E-state index >= 15 is 0 Å². The Balaban J connectivity index is 1.79. The lowest BCUT2D eigenvalue weighted by atomic mass is 10.1. The third-order valence-electron chi connectivity index (χ3n) is 4.96. The van der Waals surface area contributed by atoms with Gasteiger partial charge in [-0.15, -0.1) is 0 Å². The van der Waals surface area contributed by atoms with Crippen molar-refractivity contribution in [1.82, 2.24) is 9.88 Å². The Morgan fingerprint density at radius 3 is 2.76 bits per heavy atom. The fourth-order valence-electron chi connectivity index (χ4n) is 3.22. The van der Waals surface area contributed by atoms with E-state index in [0.29, 0.717) is 6.61 Å². The van der Waals surface area contributed by atoms with Crippen LogP contribution in [0.25, 0.3) is 0 Å². The molecule has 1 aromatic carbocycles. The van der Waals surface area contributed by atoms with Gasteiger partial charge in [0.1, 0.15) is 17.4 Å². The predicted octanol–water partition coefficient (Wildman–Crippen LogP) is 4.27. The molecule has 0 bridgehead atoms. The fraction of sp³-hybridized carbons (Fsp3) is 0.381. The average Bonchev–Trinajstić information content (AvgIpc) is 3.19. The Kier molecular flexibility index (Phi) is 7.11. The van der Waals surface area contributed by atoms with Crippen LogP contribution in [0, 0.1) is 13.8 Å². The summed E-state index contributed by atoms with van der Waals surface area (Å²) in [6.45, 7) is 4.71. The van der Waals surface area contributed by atoms with Gasteiger partial charge in [0.2, 0.25) is 5.91 Å². The van der Waals surface area contributed by atoms with Gasteiger partial charge in [0.05, 0.1) is 11.1 Å². The second-order valence-electron chi connectivity index (χ2n) is 7.08. The van der Waals surface area contributed by atoms with E-state index in [2.05, 4.69) is 10.3 Å². The summed E-state index contributed by atoms with van der Waals surface area (Å²) in [5.74, 6) is -0.757. The summed E-state index contributed by atoms with van der Waals surface area (Å²) in [6, 6.07) is 8.72. The molecular formula is C21H23Cl2N3O3. The van der Waals surface area contributed by atoms with Crippen molar-refractivity contribution in [3.63, 3.8) is 0 Å². The minimum absolute atomic E-state index is 0.0247. The van der Waals surface area contributed by atoms with Gasteiger partial charge in [0, 0.05) is 18.8 Å². The Labute approximate surface area is 180 Å². The van der Waals surface area contributed by atoms with Gasteiger partial charge in [0.25, 0.3) is 5.91 Å². The SMILES string of the molecule is Cc1cccc(NC(=O)CN(CC2CCCO2)C(=O)c2nc(Cl)ccc2Cl)c1C. The lowest BCUT2D eigenvalue weighted by Crippen LogP contribution is -2.42. The molecule has 154 valence electrons. The number of benzene rings is 1. The second kappa shape index (κ2) is 9.57. The van der Waals surface area contributed by atoms with E-state index in [4.69, 9.17) is 27.9 Å². The van der Waals surface area contributed by atoms with Gasteiger partial charge in [0.15, 0.2) is 0 Å². The number of carbonyl (C=O) groups excluding carboxylic acids is 2. The Bertz CT molecular complexity index is 914. The maximum absolute atomic E-state index is 13.1. The average molecular weight is 436 g/mol. The summed E-state index contributed by atoms with van der Waals surface area (Å²) in [5, 5.41) is 3.23. The van der Waals surface area contributed by atoms with Crippen LogP contribution in [-0.2, 0) is 9.53 Å². The van der Waals surface area contributed by atoms with Crippen LogP contribution >= 0.6 is 23.2 Å². The molecule has 3 rings (SSSR count). The molecule has 0 radical (unpaired) electrons. The van der Waals surface area contributed by atoms with E-state index in [-0.39, 0.29) is 41.0 Å². The number of anilines is 1. The van der Waals surface area contributed by atoms with Crippen LogP contribution in [0.2, 0.25) is 10.2 Å². The zero-order valence-electron chi connectivity index (χ0n) is 16.4. The normalized spacial score (nSPS) is 15.9. The summed E-state index contributed by atoms with van der Waals surface area (Å²) in [7, 11) is 0. The lowest BCUT2D eigenvalue weighted by Gasteiger charge is -2.25. The molecule has 1 aliphatic rings. The number of nitrogens with one attached hydrogen (secondary N) is 1. The van der Waals surface area contributed by atoms with E-state index in [1.807, 2.05) is 32.0 Å². The number of rotatable bonds is 6. The number of halogens is 2. The largest absolute Gasteiger partial charge is 0.376 e. The summed E-state index contributed by atoms with van der Waals surface area (Å²) in [6.07, 6.45) is 1.64. The zero-order chi connectivity index (χ0) is 21.0. The maximum atomic E-state index is 13.1. The van der Waals surface area contributed by atoms with Gasteiger partial charge in [-0.05, 0) is 56.0 Å². The summed E-state index contributed by atoms with van der Waals surface area (Å²) < 4.78 is 5.65. The van der Waals surface area contributed by atoms with E-state index in [9.17, 15) is 9.59 Å². The van der Waals surface area contributed by atoms with Gasteiger partial charge in [-0.25, -0.2) is 4.98 Å². The highest BCUT2D eigenvalue weighted by atomic mass is 35.5. The molecule has 29 heavy (non-hydrogen) atoms. The van der Waals surface area contributed by atoms with Crippen molar-refractivity contribution in [3.05, 3.63) is 57.3 Å². The molecule has 1 atom stereocenters. The molecule has 2 aromatic rings. The van der Waals surface area contributed by atoms with Gasteiger partial charge in [-0.1, -0.05) is 35.3 Å². The smallest absolute Gasteiger partial charge is 0.274 e. The summed E-state index contributed by atoms with van der Waals surface area (Å²) in [5.41, 5.74) is 2.80. The van der Waals surface area contributed by atoms with E-state index < -0.39 is 5.91 Å². The molecule has 1 aliphatic heterocycles. The standard InChI is InChI=1S/C21H23Cl2N3O3/c1-13-5-3-7-17(14(13)2)24-19(27)12-26(11-15-6-4-10-29-15)21(28)20-16(22)8-9-18(23)25-20/h3,5,7-9,15H,4,6,10-12H2,1-2H3,(H,24,27). The van der Waals surface area contributed by atoms with Crippen LogP contribution in [0.5, 0.6) is 0 Å². The molecule has 2 heterocycles. The number of aryl methyl sites for hydroxylation is 1. The number of carbonyl (C=O) groups is 2. The van der Waals surface area contributed by atoms with Crippen LogP contribution < -0.4 is 5.32 Å². The quantitative estimate of drug-likeness (QED) is 0.687. The number of nitrogens with zero attached hydrogens (tertiary/aromatic N) is 2. The van der Waals surface area contributed by atoms with Gasteiger partial charge >= 0.3 is 0 Å². The molecule has 1 aromatic heterocycles. The predicted molar refractivity (Wildman–Crippen MR) is 114 cm³/mol. The Morgan fingerprint density at radius 1 is 1.24 bits per heavy atom. The van der Waals surface area contributed by atoms with Gasteiger partial charge < -0.3 is 15.0 Å². The third kappa shape index (κ3) is 5.47. The van der Waals surface area contributed by atoms with Crippen molar-refractivity contribution in [1.29, 1.82) is 0 Å². The summed E-state index contributed by atoms with van der Waals surface area (Å²) in [4.78, 5) is 31.3. The first kappa shape index (κ1) is 21.6. The van der Waals surface area contributed by atoms with E-state index in [1.54, 1.807) is 0 Å². The molecule has 0 aliphatic carbocycles. The molecule has 1 N–H and O–H groups in total. The minimum atomic E-state index is -0.455. The van der Waals surface area contributed by atoms with Gasteiger partial charge in [-0.3, -0.25) is 9.59 Å². The van der Waals surface area contributed by atoms with Crippen molar-refractivity contribution in [3.8, 4) is 0 Å². The van der Waals surface area contributed by atoms with Gasteiger partial charge in [-0.2, -0.15) is 0 Å². The Morgan fingerprint density at radius 2 is 2.03 bits per heavy atom. The minimum Gasteiger partial charge on any atom is -0.376 e. The van der Waals surface area contributed by atoms with Crippen LogP contribution in [0.4, 0.5) is 5.69 Å². The molecule has 8 heteroatoms. The molecule has 1 unspecified atom stereocenters. The highest BCUT2D eigenvalue weighted by molar-refractivity contribution is 6.34. The Hall–Kier alpha value is -2.15. The first-order chi connectivity index (χ1) is 13.8. The molecule has 0 saturated carbocycles. The third-order valence-corrected chi connectivity index (χ3v) is 5.48. The van der Waals surface area contributed by atoms with E-state index in [0.717, 1.165) is 29.7 Å². The first-order valence-electron chi connectivity index (χ1n) is 9.44. The number of pyridine rings is 1. The number of hydrogen-bond acceptors (Lipinski definition) is 4. The van der Waals surface area contributed by atoms with Crippen LogP contribution in [0.3, 0.4) is 0 Å². The first-order valence-corrected chi connectivity index (χ1v) is 10.2. The molecule has 2 amide bonds. The lowest BCUT2D eigenvalue weighted by molar-refractivity contribution is -0.117. The van der Waals surface area contributed by atoms with Crippen molar-refractivity contribution >= 4 is 40.7 Å². The molecule has 1 fully saturated rings. The molecule has 1 saturated heterocycles. The number of ether oxygens (including phenoxy) is 1. The monoisotopic (exact) mass is 435 g/mol. The molecule has 6 nitrogen and oxygen atoms in total. The number of amides is 2. The van der Waals surface area contributed by atoms with Crippen molar-refractivity contribution in [2.24, 2.45) is 0 Å². The van der Waals surface area contributed by atoms with Crippen LogP contribution in [0.1, 0.15) is 34.5 Å². The number of hydrogen-bond donors (Lipinski definition) is 1. The van der Waals surface area contributed by atoms with Crippen molar-refractivity contribution in [2.75, 3.05) is 25.0 Å².